The molecule has 6 nitrogen and oxygen atoms in total. The molecule has 2 aromatic rings. The lowest BCUT2D eigenvalue weighted by Gasteiger charge is -2.30. The van der Waals surface area contributed by atoms with E-state index in [1.807, 2.05) is 24.0 Å². The van der Waals surface area contributed by atoms with Crippen molar-refractivity contribution >= 4 is 16.9 Å². The zero-order chi connectivity index (χ0) is 18.0. The molecule has 0 unspecified atom stereocenters. The Kier molecular flexibility index (Phi) is 5.08. The Bertz CT molecular complexity index is 835. The number of likely N-dealkylation sites (tertiary alicyclic amines) is 1. The van der Waals surface area contributed by atoms with Crippen LogP contribution in [0.4, 0.5) is 0 Å². The maximum Gasteiger partial charge on any atom is 0.339 e. The number of fused-ring (bicyclic) bond motifs is 1. The molecule has 1 saturated heterocycles. The third kappa shape index (κ3) is 3.69. The first kappa shape index (κ1) is 17.5. The van der Waals surface area contributed by atoms with Gasteiger partial charge in [0.15, 0.2) is 0 Å². The molecular weight excluding hydrogens is 320 g/mol. The number of rotatable bonds is 4. The Labute approximate surface area is 146 Å². The molecule has 134 valence electrons. The van der Waals surface area contributed by atoms with Gasteiger partial charge in [-0.1, -0.05) is 0 Å². The van der Waals surface area contributed by atoms with Gasteiger partial charge in [-0.25, -0.2) is 4.79 Å². The van der Waals surface area contributed by atoms with Crippen LogP contribution in [0.15, 0.2) is 27.4 Å². The second-order valence-corrected chi connectivity index (χ2v) is 6.57. The van der Waals surface area contributed by atoms with Crippen LogP contribution in [0.5, 0.6) is 5.75 Å². The minimum atomic E-state index is -0.383. The molecule has 2 N–H and O–H groups in total. The molecule has 1 aromatic heterocycles. The van der Waals surface area contributed by atoms with E-state index in [9.17, 15) is 9.59 Å². The molecule has 25 heavy (non-hydrogen) atoms. The van der Waals surface area contributed by atoms with Gasteiger partial charge < -0.3 is 19.8 Å². The summed E-state index contributed by atoms with van der Waals surface area (Å²) in [7, 11) is 1.57. The maximum atomic E-state index is 12.4. The minimum Gasteiger partial charge on any atom is -0.497 e. The number of nitrogens with two attached hydrogens (primary N) is 1. The van der Waals surface area contributed by atoms with Crippen LogP contribution in [0, 0.1) is 6.92 Å². The highest BCUT2D eigenvalue weighted by Gasteiger charge is 2.21. The number of piperidine rings is 1. The van der Waals surface area contributed by atoms with Crippen molar-refractivity contribution in [1.29, 1.82) is 0 Å². The molecule has 6 heteroatoms. The lowest BCUT2D eigenvalue weighted by Crippen LogP contribution is -2.43. The van der Waals surface area contributed by atoms with Crippen molar-refractivity contribution in [3.63, 3.8) is 0 Å². The van der Waals surface area contributed by atoms with Gasteiger partial charge in [0.2, 0.25) is 5.91 Å². The van der Waals surface area contributed by atoms with E-state index >= 15 is 0 Å². The van der Waals surface area contributed by atoms with Crippen molar-refractivity contribution in [2.24, 2.45) is 5.73 Å². The average molecular weight is 344 g/mol. The van der Waals surface area contributed by atoms with Gasteiger partial charge in [-0.15, -0.1) is 0 Å². The molecular formula is C19H24N2O4. The summed E-state index contributed by atoms with van der Waals surface area (Å²) in [5.74, 6) is 0.710. The van der Waals surface area contributed by atoms with Crippen molar-refractivity contribution in [3.8, 4) is 5.75 Å². The van der Waals surface area contributed by atoms with E-state index in [0.717, 1.165) is 23.8 Å². The smallest absolute Gasteiger partial charge is 0.339 e. The summed E-state index contributed by atoms with van der Waals surface area (Å²) in [6, 6.07) is 5.61. The van der Waals surface area contributed by atoms with Crippen LogP contribution in [0.2, 0.25) is 0 Å². The van der Waals surface area contributed by atoms with Crippen LogP contribution < -0.4 is 16.1 Å². The Balaban J connectivity index is 1.77. The van der Waals surface area contributed by atoms with Gasteiger partial charge in [0.05, 0.1) is 7.11 Å². The lowest BCUT2D eigenvalue weighted by molar-refractivity contribution is -0.132. The van der Waals surface area contributed by atoms with Crippen molar-refractivity contribution < 1.29 is 13.9 Å². The Morgan fingerprint density at radius 1 is 1.36 bits per heavy atom. The summed E-state index contributed by atoms with van der Waals surface area (Å²) < 4.78 is 10.6. The minimum absolute atomic E-state index is 0.0699. The summed E-state index contributed by atoms with van der Waals surface area (Å²) in [5.41, 5.74) is 7.43. The molecule has 0 aliphatic carbocycles. The molecule has 0 atom stereocenters. The number of carbonyl (C=O) groups excluding carboxylic acids is 1. The van der Waals surface area contributed by atoms with Gasteiger partial charge in [0.1, 0.15) is 11.3 Å². The number of nitrogens with zero attached hydrogens (tertiary/aromatic N) is 1. The van der Waals surface area contributed by atoms with Crippen LogP contribution in [0.25, 0.3) is 11.0 Å². The quantitative estimate of drug-likeness (QED) is 0.857. The summed E-state index contributed by atoms with van der Waals surface area (Å²) in [5, 5.41) is 0.867. The van der Waals surface area contributed by atoms with Crippen molar-refractivity contribution in [2.45, 2.75) is 38.6 Å². The molecule has 3 rings (SSSR count). The van der Waals surface area contributed by atoms with Gasteiger partial charge in [-0.05, 0) is 43.9 Å². The van der Waals surface area contributed by atoms with Gasteiger partial charge in [0.25, 0.3) is 0 Å². The molecule has 1 aromatic carbocycles. The normalized spacial score (nSPS) is 15.6. The summed E-state index contributed by atoms with van der Waals surface area (Å²) in [6.45, 7) is 3.29. The first-order valence-corrected chi connectivity index (χ1v) is 8.63. The van der Waals surface area contributed by atoms with E-state index in [-0.39, 0.29) is 17.6 Å². The summed E-state index contributed by atoms with van der Waals surface area (Å²) >= 11 is 0. The number of carbonyl (C=O) groups is 1. The number of methoxy groups -OCH3 is 1. The van der Waals surface area contributed by atoms with Crippen LogP contribution in [-0.2, 0) is 11.2 Å². The Hall–Kier alpha value is -2.34. The fraction of sp³-hybridized carbons (Fsp3) is 0.474. The lowest BCUT2D eigenvalue weighted by atomic mass is 10.0. The van der Waals surface area contributed by atoms with E-state index in [0.29, 0.717) is 42.8 Å². The van der Waals surface area contributed by atoms with Crippen LogP contribution >= 0.6 is 0 Å². The molecule has 1 aliphatic rings. The largest absolute Gasteiger partial charge is 0.497 e. The standard InChI is InChI=1S/C19H24N2O4/c1-12-15-4-3-14(24-2)11-17(15)25-19(23)16(12)5-6-18(22)21-9-7-13(20)8-10-21/h3-4,11,13H,5-10,20H2,1-2H3. The fourth-order valence-electron chi connectivity index (χ4n) is 3.33. The third-order valence-corrected chi connectivity index (χ3v) is 4.98. The topological polar surface area (TPSA) is 85.8 Å². The predicted octanol–water partition coefficient (Wildman–Crippen LogP) is 1.99. The van der Waals surface area contributed by atoms with E-state index in [2.05, 4.69) is 0 Å². The molecule has 1 aliphatic heterocycles. The van der Waals surface area contributed by atoms with Crippen molar-refractivity contribution in [2.75, 3.05) is 20.2 Å². The van der Waals surface area contributed by atoms with Gasteiger partial charge in [-0.2, -0.15) is 0 Å². The van der Waals surface area contributed by atoms with E-state index in [1.165, 1.54) is 0 Å². The van der Waals surface area contributed by atoms with E-state index in [4.69, 9.17) is 14.9 Å². The Morgan fingerprint density at radius 3 is 2.76 bits per heavy atom. The molecule has 1 fully saturated rings. The predicted molar refractivity (Wildman–Crippen MR) is 95.9 cm³/mol. The molecule has 0 saturated carbocycles. The maximum absolute atomic E-state index is 12.4. The highest BCUT2D eigenvalue weighted by Crippen LogP contribution is 2.24. The van der Waals surface area contributed by atoms with Crippen molar-refractivity contribution in [1.82, 2.24) is 4.90 Å². The van der Waals surface area contributed by atoms with Crippen molar-refractivity contribution in [3.05, 3.63) is 39.7 Å². The fourth-order valence-corrected chi connectivity index (χ4v) is 3.33. The molecule has 0 radical (unpaired) electrons. The molecule has 1 amide bonds. The zero-order valence-electron chi connectivity index (χ0n) is 14.7. The monoisotopic (exact) mass is 344 g/mol. The number of benzene rings is 1. The van der Waals surface area contributed by atoms with E-state index < -0.39 is 0 Å². The van der Waals surface area contributed by atoms with E-state index in [1.54, 1.807) is 13.2 Å². The first-order valence-electron chi connectivity index (χ1n) is 8.63. The number of hydrogen-bond donors (Lipinski definition) is 1. The van der Waals surface area contributed by atoms with Gasteiger partial charge in [0, 0.05) is 42.6 Å². The molecule has 0 spiro atoms. The van der Waals surface area contributed by atoms with Gasteiger partial charge in [-0.3, -0.25) is 4.79 Å². The van der Waals surface area contributed by atoms with Crippen LogP contribution in [-0.4, -0.2) is 37.0 Å². The van der Waals surface area contributed by atoms with Crippen LogP contribution in [0.3, 0.4) is 0 Å². The highest BCUT2D eigenvalue weighted by atomic mass is 16.5. The zero-order valence-corrected chi connectivity index (χ0v) is 14.7. The Morgan fingerprint density at radius 2 is 2.08 bits per heavy atom. The second-order valence-electron chi connectivity index (χ2n) is 6.57. The average Bonchev–Trinajstić information content (AvgIpc) is 2.61. The third-order valence-electron chi connectivity index (χ3n) is 4.98. The first-order chi connectivity index (χ1) is 12.0. The highest BCUT2D eigenvalue weighted by molar-refractivity contribution is 5.82. The number of amides is 1. The second kappa shape index (κ2) is 7.27. The summed E-state index contributed by atoms with van der Waals surface area (Å²) in [4.78, 5) is 26.6. The van der Waals surface area contributed by atoms with Gasteiger partial charge >= 0.3 is 5.63 Å². The summed E-state index contributed by atoms with van der Waals surface area (Å²) in [6.07, 6.45) is 2.37. The van der Waals surface area contributed by atoms with Crippen LogP contribution in [0.1, 0.15) is 30.4 Å². The molecule has 2 heterocycles. The number of hydrogen-bond acceptors (Lipinski definition) is 5. The number of ether oxygens (including phenoxy) is 1. The molecule has 0 bridgehead atoms. The number of aryl methyl sites for hydroxylation is 1. The SMILES string of the molecule is COc1ccc2c(C)c(CCC(=O)N3CCC(N)CC3)c(=O)oc2c1.